The van der Waals surface area contributed by atoms with Crippen LogP contribution in [0.15, 0.2) is 24.3 Å². The summed E-state index contributed by atoms with van der Waals surface area (Å²) in [6.07, 6.45) is 2.97. The van der Waals surface area contributed by atoms with Crippen LogP contribution in [-0.2, 0) is 4.79 Å². The first kappa shape index (κ1) is 10.4. The molecule has 1 rings (SSSR count). The van der Waals surface area contributed by atoms with E-state index >= 15 is 0 Å². The molecule has 1 aromatic carbocycles. The standard InChI is InChI=1S/C10H10BO3/c1-11-10(14)5-3-7-2-4-8(12)9(13)6-7/h2-6,12-13H,1H3. The lowest BCUT2D eigenvalue weighted by Gasteiger charge is -1.97. The molecule has 4 heteroatoms. The fraction of sp³-hybridized carbons (Fsp3) is 0.100. The summed E-state index contributed by atoms with van der Waals surface area (Å²) in [5.41, 5.74) is 0.563. The highest BCUT2D eigenvalue weighted by Gasteiger charge is 1.98. The molecule has 3 nitrogen and oxygen atoms in total. The molecule has 2 N–H and O–H groups in total. The minimum absolute atomic E-state index is 0.0995. The molecule has 1 aromatic rings. The van der Waals surface area contributed by atoms with E-state index in [1.807, 2.05) is 0 Å². The maximum Gasteiger partial charge on any atom is 0.204 e. The van der Waals surface area contributed by atoms with Crippen molar-refractivity contribution < 1.29 is 15.0 Å². The number of carbonyl (C=O) groups excluding carboxylic acids is 1. The number of benzene rings is 1. The Balaban J connectivity index is 2.83. The molecule has 0 aliphatic rings. The molecule has 0 atom stereocenters. The fourth-order valence-electron chi connectivity index (χ4n) is 0.919. The van der Waals surface area contributed by atoms with Crippen LogP contribution in [0.2, 0.25) is 6.82 Å². The van der Waals surface area contributed by atoms with Crippen molar-refractivity contribution in [3.8, 4) is 11.5 Å². The third-order valence-electron chi connectivity index (χ3n) is 1.72. The normalized spacial score (nSPS) is 10.4. The molecule has 0 aliphatic carbocycles. The summed E-state index contributed by atoms with van der Waals surface area (Å²) in [6.45, 7) is 1.65. The predicted molar refractivity (Wildman–Crippen MR) is 55.4 cm³/mol. The smallest absolute Gasteiger partial charge is 0.204 e. The highest BCUT2D eigenvalue weighted by atomic mass is 16.3. The molecule has 0 aliphatic heterocycles. The maximum absolute atomic E-state index is 10.9. The van der Waals surface area contributed by atoms with E-state index in [4.69, 9.17) is 10.2 Å². The zero-order valence-electron chi connectivity index (χ0n) is 7.77. The Hall–Kier alpha value is -1.71. The number of carbonyl (C=O) groups is 1. The number of phenols is 2. The van der Waals surface area contributed by atoms with Gasteiger partial charge in [0.1, 0.15) is 5.68 Å². The molecule has 0 saturated carbocycles. The second-order valence-electron chi connectivity index (χ2n) is 2.77. The highest BCUT2D eigenvalue weighted by Crippen LogP contribution is 2.25. The minimum atomic E-state index is -0.194. The number of phenolic OH excluding ortho intramolecular Hbond substituents is 2. The monoisotopic (exact) mass is 189 g/mol. The van der Waals surface area contributed by atoms with E-state index in [0.29, 0.717) is 5.56 Å². The van der Waals surface area contributed by atoms with E-state index < -0.39 is 0 Å². The lowest BCUT2D eigenvalue weighted by atomic mass is 9.76. The molecule has 0 amide bonds. The zero-order valence-corrected chi connectivity index (χ0v) is 7.77. The highest BCUT2D eigenvalue weighted by molar-refractivity contribution is 6.75. The number of allylic oxidation sites excluding steroid dienone is 1. The predicted octanol–water partition coefficient (Wildman–Crippen LogP) is 1.39. The van der Waals surface area contributed by atoms with Crippen molar-refractivity contribution in [2.45, 2.75) is 6.82 Å². The third-order valence-corrected chi connectivity index (χ3v) is 1.72. The minimum Gasteiger partial charge on any atom is -0.504 e. The SMILES string of the molecule is C[B]C(=O)C=Cc1ccc(O)c(O)c1. The Bertz CT molecular complexity index is 372. The molecule has 0 unspecified atom stereocenters. The van der Waals surface area contributed by atoms with Gasteiger partial charge in [0.2, 0.25) is 7.28 Å². The average Bonchev–Trinajstić information content (AvgIpc) is 2.19. The Kier molecular flexibility index (Phi) is 3.34. The molecule has 1 radical (unpaired) electrons. The van der Waals surface area contributed by atoms with Crippen molar-refractivity contribution in [3.63, 3.8) is 0 Å². The second kappa shape index (κ2) is 4.51. The van der Waals surface area contributed by atoms with Gasteiger partial charge in [-0.05, 0) is 23.8 Å². The van der Waals surface area contributed by atoms with Gasteiger partial charge in [0.25, 0.3) is 0 Å². The van der Waals surface area contributed by atoms with Crippen LogP contribution in [0, 0.1) is 0 Å². The van der Waals surface area contributed by atoms with Gasteiger partial charge in [0.15, 0.2) is 11.5 Å². The Morgan fingerprint density at radius 3 is 2.64 bits per heavy atom. The summed E-state index contributed by atoms with van der Waals surface area (Å²) in [7, 11) is 1.44. The van der Waals surface area contributed by atoms with Gasteiger partial charge in [-0.3, -0.25) is 0 Å². The average molecular weight is 189 g/mol. The van der Waals surface area contributed by atoms with E-state index in [2.05, 4.69) is 0 Å². The van der Waals surface area contributed by atoms with Crippen LogP contribution in [0.25, 0.3) is 6.08 Å². The fourth-order valence-corrected chi connectivity index (χ4v) is 0.919. The van der Waals surface area contributed by atoms with E-state index in [9.17, 15) is 4.79 Å². The molecule has 71 valence electrons. The molecular formula is C10H10BO3. The molecule has 14 heavy (non-hydrogen) atoms. The van der Waals surface area contributed by atoms with Crippen LogP contribution in [0.3, 0.4) is 0 Å². The van der Waals surface area contributed by atoms with Crippen molar-refractivity contribution in [3.05, 3.63) is 29.8 Å². The first-order valence-corrected chi connectivity index (χ1v) is 4.17. The van der Waals surface area contributed by atoms with Crippen LogP contribution in [0.1, 0.15) is 5.56 Å². The summed E-state index contributed by atoms with van der Waals surface area (Å²) in [4.78, 5) is 10.9. The number of hydrogen-bond donors (Lipinski definition) is 2. The van der Waals surface area contributed by atoms with Gasteiger partial charge in [-0.15, -0.1) is 0 Å². The summed E-state index contributed by atoms with van der Waals surface area (Å²) >= 11 is 0. The van der Waals surface area contributed by atoms with E-state index in [0.717, 1.165) is 0 Å². The van der Waals surface area contributed by atoms with Gasteiger partial charge >= 0.3 is 0 Å². The molecule has 0 aromatic heterocycles. The first-order chi connectivity index (χ1) is 6.63. The van der Waals surface area contributed by atoms with E-state index in [-0.39, 0.29) is 17.2 Å². The van der Waals surface area contributed by atoms with Gasteiger partial charge in [0, 0.05) is 0 Å². The topological polar surface area (TPSA) is 57.5 Å². The number of hydrogen-bond acceptors (Lipinski definition) is 3. The summed E-state index contributed by atoms with van der Waals surface area (Å²) in [5.74, 6) is -0.365. The van der Waals surface area contributed by atoms with Crippen LogP contribution in [0.4, 0.5) is 0 Å². The van der Waals surface area contributed by atoms with Gasteiger partial charge in [0.05, 0.1) is 0 Å². The van der Waals surface area contributed by atoms with Crippen molar-refractivity contribution in [2.24, 2.45) is 0 Å². The van der Waals surface area contributed by atoms with E-state index in [1.54, 1.807) is 19.0 Å². The summed E-state index contributed by atoms with van der Waals surface area (Å²) in [5, 5.41) is 18.2. The molecule has 0 heterocycles. The van der Waals surface area contributed by atoms with E-state index in [1.165, 1.54) is 25.5 Å². The van der Waals surface area contributed by atoms with Crippen molar-refractivity contribution in [2.75, 3.05) is 0 Å². The summed E-state index contributed by atoms with van der Waals surface area (Å²) < 4.78 is 0. The van der Waals surface area contributed by atoms with Gasteiger partial charge in [-0.25, -0.2) is 0 Å². The van der Waals surface area contributed by atoms with Crippen LogP contribution < -0.4 is 0 Å². The molecular weight excluding hydrogens is 179 g/mol. The van der Waals surface area contributed by atoms with Crippen LogP contribution >= 0.6 is 0 Å². The Morgan fingerprint density at radius 2 is 2.07 bits per heavy atom. The number of aromatic hydroxyl groups is 2. The zero-order chi connectivity index (χ0) is 10.6. The van der Waals surface area contributed by atoms with Gasteiger partial charge < -0.3 is 15.0 Å². The maximum atomic E-state index is 10.9. The van der Waals surface area contributed by atoms with Crippen LogP contribution in [0.5, 0.6) is 11.5 Å². The second-order valence-corrected chi connectivity index (χ2v) is 2.77. The first-order valence-electron chi connectivity index (χ1n) is 4.17. The third kappa shape index (κ3) is 2.66. The molecule has 0 saturated heterocycles. The van der Waals surface area contributed by atoms with Crippen molar-refractivity contribution in [1.29, 1.82) is 0 Å². The lowest BCUT2D eigenvalue weighted by molar-refractivity contribution is -0.107. The quantitative estimate of drug-likeness (QED) is 0.429. The summed E-state index contributed by atoms with van der Waals surface area (Å²) in [6, 6.07) is 4.36. The Labute approximate surface area is 82.9 Å². The van der Waals surface area contributed by atoms with Gasteiger partial charge in [-0.2, -0.15) is 0 Å². The van der Waals surface area contributed by atoms with Gasteiger partial charge in [-0.1, -0.05) is 19.0 Å². The van der Waals surface area contributed by atoms with Crippen molar-refractivity contribution >= 4 is 19.0 Å². The largest absolute Gasteiger partial charge is 0.504 e. The Morgan fingerprint density at radius 1 is 1.36 bits per heavy atom. The number of rotatable bonds is 3. The van der Waals surface area contributed by atoms with Crippen molar-refractivity contribution in [1.82, 2.24) is 0 Å². The molecule has 0 bridgehead atoms. The molecule has 0 fully saturated rings. The van der Waals surface area contributed by atoms with Crippen LogP contribution in [-0.4, -0.2) is 23.2 Å². The molecule has 0 spiro atoms. The lowest BCUT2D eigenvalue weighted by Crippen LogP contribution is -1.98.